The highest BCUT2D eigenvalue weighted by Crippen LogP contribution is 2.25. The van der Waals surface area contributed by atoms with Gasteiger partial charge in [-0.05, 0) is 17.7 Å². The number of aliphatic hydroxyl groups excluding tert-OH is 1. The minimum atomic E-state index is -0.809. The number of H-pyrrole nitrogens is 1. The predicted molar refractivity (Wildman–Crippen MR) is 95.3 cm³/mol. The number of benzene rings is 2. The standard InChI is InChI=1S/C19H16N4O3/c24-16(12-5-2-1-3-6-12)11-21-18(25)19-22-17(23-26-19)14-7-4-8-15-13(14)9-10-20-15/h1-10,16,20,24H,11H2,(H,21,25). The molecule has 0 radical (unpaired) electrons. The van der Waals surface area contributed by atoms with Crippen LogP contribution >= 0.6 is 0 Å². The molecule has 4 rings (SSSR count). The molecule has 26 heavy (non-hydrogen) atoms. The summed E-state index contributed by atoms with van der Waals surface area (Å²) in [5, 5.41) is 17.6. The van der Waals surface area contributed by atoms with Crippen molar-refractivity contribution in [3.63, 3.8) is 0 Å². The number of amides is 1. The lowest BCUT2D eigenvalue weighted by Gasteiger charge is -2.10. The third kappa shape index (κ3) is 3.07. The maximum absolute atomic E-state index is 12.2. The Morgan fingerprint density at radius 3 is 2.85 bits per heavy atom. The number of aliphatic hydroxyl groups is 1. The molecule has 0 spiro atoms. The number of hydrogen-bond acceptors (Lipinski definition) is 5. The van der Waals surface area contributed by atoms with E-state index in [0.717, 1.165) is 22.0 Å². The molecule has 4 aromatic rings. The number of aromatic nitrogens is 3. The largest absolute Gasteiger partial charge is 0.387 e. The third-order valence-electron chi connectivity index (χ3n) is 4.10. The Hall–Kier alpha value is -3.45. The molecule has 1 unspecified atom stereocenters. The normalized spacial score (nSPS) is 12.2. The summed E-state index contributed by atoms with van der Waals surface area (Å²) in [5.41, 5.74) is 2.44. The van der Waals surface area contributed by atoms with Crippen LogP contribution in [0, 0.1) is 0 Å². The Kier molecular flexibility index (Phi) is 4.20. The zero-order chi connectivity index (χ0) is 17.9. The van der Waals surface area contributed by atoms with Gasteiger partial charge in [0, 0.05) is 29.2 Å². The van der Waals surface area contributed by atoms with Crippen LogP contribution in [0.5, 0.6) is 0 Å². The maximum Gasteiger partial charge on any atom is 0.316 e. The van der Waals surface area contributed by atoms with Crippen molar-refractivity contribution in [2.75, 3.05) is 6.54 Å². The summed E-state index contributed by atoms with van der Waals surface area (Å²) >= 11 is 0. The Balaban J connectivity index is 1.48. The van der Waals surface area contributed by atoms with Gasteiger partial charge in [-0.15, -0.1) is 0 Å². The van der Waals surface area contributed by atoms with Gasteiger partial charge in [0.25, 0.3) is 0 Å². The first-order chi connectivity index (χ1) is 12.7. The summed E-state index contributed by atoms with van der Waals surface area (Å²) < 4.78 is 5.08. The molecule has 130 valence electrons. The fourth-order valence-electron chi connectivity index (χ4n) is 2.76. The van der Waals surface area contributed by atoms with Crippen LogP contribution in [0.2, 0.25) is 0 Å². The summed E-state index contributed by atoms with van der Waals surface area (Å²) in [6, 6.07) is 16.7. The predicted octanol–water partition coefficient (Wildman–Crippen LogP) is 2.68. The molecule has 0 aliphatic carbocycles. The van der Waals surface area contributed by atoms with Gasteiger partial charge in [0.2, 0.25) is 5.82 Å². The highest BCUT2D eigenvalue weighted by Gasteiger charge is 2.18. The third-order valence-corrected chi connectivity index (χ3v) is 4.10. The van der Waals surface area contributed by atoms with E-state index in [0.29, 0.717) is 5.82 Å². The Bertz CT molecular complexity index is 1040. The summed E-state index contributed by atoms with van der Waals surface area (Å²) in [5.74, 6) is -0.336. The SMILES string of the molecule is O=C(NCC(O)c1ccccc1)c1nc(-c2cccc3[nH]ccc23)no1. The molecule has 0 bridgehead atoms. The van der Waals surface area contributed by atoms with Gasteiger partial charge in [-0.2, -0.15) is 4.98 Å². The zero-order valence-electron chi connectivity index (χ0n) is 13.7. The van der Waals surface area contributed by atoms with Gasteiger partial charge < -0.3 is 19.9 Å². The van der Waals surface area contributed by atoms with Crippen molar-refractivity contribution in [1.29, 1.82) is 0 Å². The van der Waals surface area contributed by atoms with Gasteiger partial charge in [-0.3, -0.25) is 4.79 Å². The molecule has 1 atom stereocenters. The Morgan fingerprint density at radius 1 is 1.15 bits per heavy atom. The molecule has 2 heterocycles. The van der Waals surface area contributed by atoms with E-state index >= 15 is 0 Å². The quantitative estimate of drug-likeness (QED) is 0.514. The summed E-state index contributed by atoms with van der Waals surface area (Å²) in [6.45, 7) is 0.0496. The lowest BCUT2D eigenvalue weighted by molar-refractivity contribution is 0.0873. The van der Waals surface area contributed by atoms with Crippen LogP contribution < -0.4 is 5.32 Å². The number of aromatic amines is 1. The molecule has 2 aromatic carbocycles. The maximum atomic E-state index is 12.2. The fraction of sp³-hybridized carbons (Fsp3) is 0.105. The van der Waals surface area contributed by atoms with Crippen molar-refractivity contribution in [2.45, 2.75) is 6.10 Å². The van der Waals surface area contributed by atoms with Gasteiger partial charge in [-0.25, -0.2) is 0 Å². The van der Waals surface area contributed by atoms with E-state index < -0.39 is 12.0 Å². The lowest BCUT2D eigenvalue weighted by Crippen LogP contribution is -2.28. The molecule has 2 aromatic heterocycles. The minimum Gasteiger partial charge on any atom is -0.387 e. The Morgan fingerprint density at radius 2 is 2.00 bits per heavy atom. The van der Waals surface area contributed by atoms with E-state index in [1.165, 1.54) is 0 Å². The number of nitrogens with zero attached hydrogens (tertiary/aromatic N) is 2. The van der Waals surface area contributed by atoms with Crippen LogP contribution in [0.4, 0.5) is 0 Å². The Labute approximate surface area is 148 Å². The van der Waals surface area contributed by atoms with E-state index in [2.05, 4.69) is 20.4 Å². The number of nitrogens with one attached hydrogen (secondary N) is 2. The second-order valence-corrected chi connectivity index (χ2v) is 5.80. The van der Waals surface area contributed by atoms with E-state index in [9.17, 15) is 9.90 Å². The number of carbonyl (C=O) groups is 1. The van der Waals surface area contributed by atoms with Crippen LogP contribution in [-0.4, -0.2) is 32.7 Å². The summed E-state index contributed by atoms with van der Waals surface area (Å²) in [4.78, 5) is 19.5. The first kappa shape index (κ1) is 16.0. The topological polar surface area (TPSA) is 104 Å². The van der Waals surface area contributed by atoms with E-state index in [1.807, 2.05) is 48.7 Å². The average Bonchev–Trinajstić information content (AvgIpc) is 3.35. The van der Waals surface area contributed by atoms with Crippen molar-refractivity contribution >= 4 is 16.8 Å². The van der Waals surface area contributed by atoms with E-state index in [1.54, 1.807) is 12.1 Å². The molecule has 0 aliphatic rings. The van der Waals surface area contributed by atoms with Gasteiger partial charge in [0.1, 0.15) is 0 Å². The van der Waals surface area contributed by atoms with Crippen molar-refractivity contribution in [3.05, 3.63) is 72.2 Å². The second-order valence-electron chi connectivity index (χ2n) is 5.80. The summed E-state index contributed by atoms with van der Waals surface area (Å²) in [6.07, 6.45) is 1.02. The smallest absolute Gasteiger partial charge is 0.316 e. The van der Waals surface area contributed by atoms with E-state index in [4.69, 9.17) is 4.52 Å². The van der Waals surface area contributed by atoms with Crippen LogP contribution in [0.25, 0.3) is 22.3 Å². The fourth-order valence-corrected chi connectivity index (χ4v) is 2.76. The van der Waals surface area contributed by atoms with Crippen molar-refractivity contribution in [1.82, 2.24) is 20.4 Å². The van der Waals surface area contributed by atoms with E-state index in [-0.39, 0.29) is 12.4 Å². The molecule has 3 N–H and O–H groups in total. The second kappa shape index (κ2) is 6.81. The highest BCUT2D eigenvalue weighted by molar-refractivity contribution is 5.94. The van der Waals surface area contributed by atoms with Crippen LogP contribution in [-0.2, 0) is 0 Å². The molecule has 0 aliphatic heterocycles. The molecule has 0 fully saturated rings. The molecular weight excluding hydrogens is 332 g/mol. The van der Waals surface area contributed by atoms with Crippen molar-refractivity contribution in [2.24, 2.45) is 0 Å². The molecular formula is C19H16N4O3. The first-order valence-electron chi connectivity index (χ1n) is 8.14. The van der Waals surface area contributed by atoms with Gasteiger partial charge in [0.15, 0.2) is 0 Å². The van der Waals surface area contributed by atoms with Crippen LogP contribution in [0.1, 0.15) is 22.4 Å². The molecule has 0 saturated carbocycles. The number of carbonyl (C=O) groups excluding carboxylic acids is 1. The van der Waals surface area contributed by atoms with Gasteiger partial charge in [0.05, 0.1) is 6.10 Å². The highest BCUT2D eigenvalue weighted by atomic mass is 16.5. The van der Waals surface area contributed by atoms with Crippen molar-refractivity contribution in [3.8, 4) is 11.4 Å². The monoisotopic (exact) mass is 348 g/mol. The van der Waals surface area contributed by atoms with Gasteiger partial charge in [-0.1, -0.05) is 47.6 Å². The van der Waals surface area contributed by atoms with Crippen LogP contribution in [0.15, 0.2) is 65.3 Å². The minimum absolute atomic E-state index is 0.0496. The van der Waals surface area contributed by atoms with Gasteiger partial charge >= 0.3 is 11.8 Å². The zero-order valence-corrected chi connectivity index (χ0v) is 13.7. The van der Waals surface area contributed by atoms with Crippen molar-refractivity contribution < 1.29 is 14.4 Å². The lowest BCUT2D eigenvalue weighted by atomic mass is 10.1. The average molecular weight is 348 g/mol. The number of hydrogen-bond donors (Lipinski definition) is 3. The molecule has 0 saturated heterocycles. The first-order valence-corrected chi connectivity index (χ1v) is 8.14. The molecule has 7 nitrogen and oxygen atoms in total. The summed E-state index contributed by atoms with van der Waals surface area (Å²) in [7, 11) is 0. The molecule has 7 heteroatoms. The number of fused-ring (bicyclic) bond motifs is 1. The van der Waals surface area contributed by atoms with Crippen LogP contribution in [0.3, 0.4) is 0 Å². The number of rotatable bonds is 5. The molecule has 1 amide bonds.